The number of ketones is 1. The lowest BCUT2D eigenvalue weighted by molar-refractivity contribution is -0.384. The van der Waals surface area contributed by atoms with Crippen molar-refractivity contribution in [2.45, 2.75) is 31.7 Å². The van der Waals surface area contributed by atoms with Crippen LogP contribution in [0.3, 0.4) is 0 Å². The van der Waals surface area contributed by atoms with Gasteiger partial charge in [-0.05, 0) is 18.9 Å². The number of non-ortho nitro benzene ring substituents is 1. The third-order valence-corrected chi connectivity index (χ3v) is 3.52. The number of hydrogen-bond donors (Lipinski definition) is 1. The number of Topliss-reactive ketones (excluding diaryl/α,β-unsaturated/α-hetero) is 1. The largest absolute Gasteiger partial charge is 0.496 e. The van der Waals surface area contributed by atoms with Crippen LogP contribution < -0.4 is 10.1 Å². The molecule has 112 valence electrons. The molecule has 1 amide bonds. The highest BCUT2D eigenvalue weighted by Gasteiger charge is 2.23. The maximum Gasteiger partial charge on any atom is 0.273 e. The minimum Gasteiger partial charge on any atom is -0.496 e. The van der Waals surface area contributed by atoms with Crippen molar-refractivity contribution >= 4 is 17.4 Å². The Morgan fingerprint density at radius 2 is 2.05 bits per heavy atom. The second-order valence-corrected chi connectivity index (χ2v) is 4.93. The molecule has 1 N–H and O–H groups in total. The first-order chi connectivity index (χ1) is 10.0. The Balaban J connectivity index is 2.11. The van der Waals surface area contributed by atoms with Crippen molar-refractivity contribution in [3.63, 3.8) is 0 Å². The van der Waals surface area contributed by atoms with Crippen molar-refractivity contribution in [3.8, 4) is 5.75 Å². The van der Waals surface area contributed by atoms with E-state index in [2.05, 4.69) is 5.32 Å². The average Bonchev–Trinajstić information content (AvgIpc) is 2.48. The smallest absolute Gasteiger partial charge is 0.273 e. The Hall–Kier alpha value is -2.44. The van der Waals surface area contributed by atoms with Crippen molar-refractivity contribution < 1.29 is 19.2 Å². The highest BCUT2D eigenvalue weighted by Crippen LogP contribution is 2.25. The van der Waals surface area contributed by atoms with Gasteiger partial charge in [0.2, 0.25) is 0 Å². The van der Waals surface area contributed by atoms with Crippen LogP contribution in [0.5, 0.6) is 5.75 Å². The summed E-state index contributed by atoms with van der Waals surface area (Å²) in [5.41, 5.74) is 0.117. The molecule has 1 aromatic carbocycles. The first-order valence-corrected chi connectivity index (χ1v) is 6.66. The molecular formula is C14H16N2O5. The molecule has 21 heavy (non-hydrogen) atoms. The van der Waals surface area contributed by atoms with E-state index in [1.54, 1.807) is 0 Å². The molecule has 1 fully saturated rings. The molecule has 0 bridgehead atoms. The molecule has 2 rings (SSSR count). The van der Waals surface area contributed by atoms with Gasteiger partial charge >= 0.3 is 0 Å². The number of benzene rings is 1. The molecule has 1 aliphatic carbocycles. The lowest BCUT2D eigenvalue weighted by Gasteiger charge is -2.22. The topological polar surface area (TPSA) is 98.5 Å². The quantitative estimate of drug-likeness (QED) is 0.674. The number of ether oxygens (including phenoxy) is 1. The number of hydrogen-bond acceptors (Lipinski definition) is 5. The van der Waals surface area contributed by atoms with Gasteiger partial charge in [0.25, 0.3) is 11.6 Å². The predicted molar refractivity (Wildman–Crippen MR) is 74.4 cm³/mol. The number of carbonyl (C=O) groups is 2. The van der Waals surface area contributed by atoms with Crippen LogP contribution in [-0.2, 0) is 4.79 Å². The fourth-order valence-electron chi connectivity index (χ4n) is 2.33. The summed E-state index contributed by atoms with van der Waals surface area (Å²) in [4.78, 5) is 33.5. The van der Waals surface area contributed by atoms with E-state index in [1.807, 2.05) is 0 Å². The fourth-order valence-corrected chi connectivity index (χ4v) is 2.33. The zero-order chi connectivity index (χ0) is 15.4. The van der Waals surface area contributed by atoms with Gasteiger partial charge in [0.05, 0.1) is 23.7 Å². The molecule has 0 atom stereocenters. The Kier molecular flexibility index (Phi) is 4.52. The number of rotatable bonds is 4. The summed E-state index contributed by atoms with van der Waals surface area (Å²) in [7, 11) is 1.36. The van der Waals surface area contributed by atoms with Crippen molar-refractivity contribution in [1.82, 2.24) is 5.32 Å². The standard InChI is InChI=1S/C14H16N2O5/c1-21-13-8-10(16(19)20)4-7-12(13)14(18)15-9-2-5-11(17)6-3-9/h4,7-9H,2-3,5-6H2,1H3,(H,15,18). The molecule has 0 spiro atoms. The minimum atomic E-state index is -0.545. The molecule has 0 radical (unpaired) electrons. The van der Waals surface area contributed by atoms with Gasteiger partial charge in [0, 0.05) is 24.9 Å². The zero-order valence-electron chi connectivity index (χ0n) is 11.6. The molecule has 1 aliphatic rings. The minimum absolute atomic E-state index is 0.0462. The average molecular weight is 292 g/mol. The fraction of sp³-hybridized carbons (Fsp3) is 0.429. The zero-order valence-corrected chi connectivity index (χ0v) is 11.6. The van der Waals surface area contributed by atoms with Gasteiger partial charge in [-0.1, -0.05) is 0 Å². The Morgan fingerprint density at radius 1 is 1.38 bits per heavy atom. The van der Waals surface area contributed by atoms with Crippen molar-refractivity contribution in [3.05, 3.63) is 33.9 Å². The molecule has 7 heteroatoms. The van der Waals surface area contributed by atoms with Gasteiger partial charge in [-0.3, -0.25) is 19.7 Å². The summed E-state index contributed by atoms with van der Waals surface area (Å²) in [5, 5.41) is 13.6. The normalized spacial score (nSPS) is 15.6. The van der Waals surface area contributed by atoms with Crippen molar-refractivity contribution in [2.24, 2.45) is 0 Å². The van der Waals surface area contributed by atoms with Crippen molar-refractivity contribution in [2.75, 3.05) is 7.11 Å². The highest BCUT2D eigenvalue weighted by molar-refractivity contribution is 5.97. The second kappa shape index (κ2) is 6.34. The van der Waals surface area contributed by atoms with Gasteiger partial charge in [-0.25, -0.2) is 0 Å². The Bertz CT molecular complexity index is 575. The lowest BCUT2D eigenvalue weighted by Crippen LogP contribution is -2.37. The third-order valence-electron chi connectivity index (χ3n) is 3.52. The van der Waals surface area contributed by atoms with Gasteiger partial charge in [-0.15, -0.1) is 0 Å². The summed E-state index contributed by atoms with van der Waals surface area (Å²) in [5.74, 6) is 0.0306. The van der Waals surface area contributed by atoms with Crippen LogP contribution in [0.15, 0.2) is 18.2 Å². The van der Waals surface area contributed by atoms with E-state index in [9.17, 15) is 19.7 Å². The third kappa shape index (κ3) is 3.56. The summed E-state index contributed by atoms with van der Waals surface area (Å²) < 4.78 is 5.04. The van der Waals surface area contributed by atoms with Gasteiger partial charge in [0.1, 0.15) is 11.5 Å². The van der Waals surface area contributed by atoms with Crippen LogP contribution in [0, 0.1) is 10.1 Å². The van der Waals surface area contributed by atoms with E-state index in [-0.39, 0.29) is 34.7 Å². The van der Waals surface area contributed by atoms with Gasteiger partial charge in [-0.2, -0.15) is 0 Å². The number of methoxy groups -OCH3 is 1. The summed E-state index contributed by atoms with van der Waals surface area (Å²) >= 11 is 0. The van der Waals surface area contributed by atoms with E-state index >= 15 is 0 Å². The maximum atomic E-state index is 12.2. The predicted octanol–water partition coefficient (Wildman–Crippen LogP) is 1.84. The number of nitrogens with one attached hydrogen (secondary N) is 1. The van der Waals surface area contributed by atoms with Crippen LogP contribution in [0.4, 0.5) is 5.69 Å². The monoisotopic (exact) mass is 292 g/mol. The second-order valence-electron chi connectivity index (χ2n) is 4.93. The van der Waals surface area contributed by atoms with E-state index in [4.69, 9.17) is 4.74 Å². The van der Waals surface area contributed by atoms with Crippen LogP contribution in [0.25, 0.3) is 0 Å². The first kappa shape index (κ1) is 15.0. The summed E-state index contributed by atoms with van der Waals surface area (Å²) in [6.07, 6.45) is 2.20. The van der Waals surface area contributed by atoms with Crippen LogP contribution in [0.1, 0.15) is 36.0 Å². The summed E-state index contributed by atoms with van der Waals surface area (Å²) in [6.45, 7) is 0. The number of carbonyl (C=O) groups excluding carboxylic acids is 2. The molecule has 1 saturated carbocycles. The van der Waals surface area contributed by atoms with Crippen LogP contribution in [0.2, 0.25) is 0 Å². The maximum absolute atomic E-state index is 12.2. The van der Waals surface area contributed by atoms with Gasteiger partial charge in [0.15, 0.2) is 0 Å². The number of nitro benzene ring substituents is 1. The number of nitrogens with zero attached hydrogens (tertiary/aromatic N) is 1. The van der Waals surface area contributed by atoms with E-state index in [1.165, 1.54) is 25.3 Å². The van der Waals surface area contributed by atoms with Crippen LogP contribution >= 0.6 is 0 Å². The highest BCUT2D eigenvalue weighted by atomic mass is 16.6. The Morgan fingerprint density at radius 3 is 2.62 bits per heavy atom. The molecule has 0 heterocycles. The van der Waals surface area contributed by atoms with Crippen molar-refractivity contribution in [1.29, 1.82) is 0 Å². The molecule has 7 nitrogen and oxygen atoms in total. The molecule has 0 unspecified atom stereocenters. The van der Waals surface area contributed by atoms with E-state index in [0.29, 0.717) is 25.7 Å². The number of amides is 1. The molecule has 0 aromatic heterocycles. The molecule has 1 aromatic rings. The molecular weight excluding hydrogens is 276 g/mol. The summed E-state index contributed by atoms with van der Waals surface area (Å²) in [6, 6.07) is 3.82. The first-order valence-electron chi connectivity index (χ1n) is 6.66. The Labute approximate surface area is 121 Å². The number of nitro groups is 1. The van der Waals surface area contributed by atoms with Crippen LogP contribution in [-0.4, -0.2) is 29.8 Å². The molecule has 0 aliphatic heterocycles. The van der Waals surface area contributed by atoms with Gasteiger partial charge < -0.3 is 10.1 Å². The SMILES string of the molecule is COc1cc([N+](=O)[O-])ccc1C(=O)NC1CCC(=O)CC1. The lowest BCUT2D eigenvalue weighted by atomic mass is 9.94. The van der Waals surface area contributed by atoms with E-state index in [0.717, 1.165) is 0 Å². The van der Waals surface area contributed by atoms with E-state index < -0.39 is 4.92 Å². The molecule has 0 saturated heterocycles.